The first-order valence-electron chi connectivity index (χ1n) is 6.56. The van der Waals surface area contributed by atoms with Crippen LogP contribution in [0.1, 0.15) is 12.0 Å². The lowest BCUT2D eigenvalue weighted by Crippen LogP contribution is -2.56. The Morgan fingerprint density at radius 1 is 1.36 bits per heavy atom. The molecule has 22 heavy (non-hydrogen) atoms. The number of morpholine rings is 1. The van der Waals surface area contributed by atoms with E-state index in [9.17, 15) is 18.0 Å². The zero-order chi connectivity index (χ0) is 16.2. The standard InChI is InChI=1S/C13H16N2O6S/c16-12(17)8-11-13(18)15(6-7-21-11)14-22(19,20)9-10-4-2-1-3-5-10/h1-5,11,14H,6-9H2,(H,16,17)/t11-/m1/s1. The summed E-state index contributed by atoms with van der Waals surface area (Å²) < 4.78 is 29.2. The molecule has 0 saturated carbocycles. The third-order valence-electron chi connectivity index (χ3n) is 2.98. The van der Waals surface area contributed by atoms with Gasteiger partial charge in [0, 0.05) is 0 Å². The second kappa shape index (κ2) is 6.86. The van der Waals surface area contributed by atoms with Gasteiger partial charge in [-0.05, 0) is 5.56 Å². The van der Waals surface area contributed by atoms with Crippen LogP contribution in [0, 0.1) is 0 Å². The molecule has 1 saturated heterocycles. The number of sulfonamides is 1. The molecule has 120 valence electrons. The zero-order valence-corrected chi connectivity index (χ0v) is 12.5. The van der Waals surface area contributed by atoms with Gasteiger partial charge in [-0.25, -0.2) is 8.42 Å². The summed E-state index contributed by atoms with van der Waals surface area (Å²) in [5.74, 6) is -2.17. The molecule has 1 aromatic carbocycles. The average molecular weight is 328 g/mol. The van der Waals surface area contributed by atoms with Gasteiger partial charge < -0.3 is 9.84 Å². The molecule has 1 amide bonds. The summed E-state index contributed by atoms with van der Waals surface area (Å²) in [5.41, 5.74) is 0.581. The molecule has 1 fully saturated rings. The predicted molar refractivity (Wildman–Crippen MR) is 75.9 cm³/mol. The Labute approximate surface area is 127 Å². The smallest absolute Gasteiger partial charge is 0.306 e. The first-order valence-corrected chi connectivity index (χ1v) is 8.21. The number of nitrogens with one attached hydrogen (secondary N) is 1. The number of ether oxygens (including phenoxy) is 1. The summed E-state index contributed by atoms with van der Waals surface area (Å²) in [6.45, 7) is 0.0977. The quantitative estimate of drug-likeness (QED) is 0.743. The Balaban J connectivity index is 2.02. The molecule has 2 N–H and O–H groups in total. The number of carbonyl (C=O) groups is 2. The van der Waals surface area contributed by atoms with Crippen molar-refractivity contribution in [1.82, 2.24) is 9.84 Å². The van der Waals surface area contributed by atoms with Crippen molar-refractivity contribution in [3.8, 4) is 0 Å². The summed E-state index contributed by atoms with van der Waals surface area (Å²) in [4.78, 5) is 24.8. The Kier molecular flexibility index (Phi) is 5.11. The summed E-state index contributed by atoms with van der Waals surface area (Å²) in [6.07, 6.45) is -1.68. The molecule has 1 atom stereocenters. The number of hydrazine groups is 1. The Hall–Kier alpha value is -1.97. The first kappa shape index (κ1) is 16.4. The van der Waals surface area contributed by atoms with Crippen molar-refractivity contribution < 1.29 is 27.9 Å². The van der Waals surface area contributed by atoms with Gasteiger partial charge in [0.2, 0.25) is 10.0 Å². The van der Waals surface area contributed by atoms with Crippen LogP contribution >= 0.6 is 0 Å². The van der Waals surface area contributed by atoms with Crippen LogP contribution in [0.4, 0.5) is 0 Å². The fourth-order valence-electron chi connectivity index (χ4n) is 2.03. The highest BCUT2D eigenvalue weighted by Gasteiger charge is 2.33. The third-order valence-corrected chi connectivity index (χ3v) is 4.20. The minimum Gasteiger partial charge on any atom is -0.481 e. The molecule has 9 heteroatoms. The molecule has 0 aliphatic carbocycles. The fourth-order valence-corrected chi connectivity index (χ4v) is 3.24. The van der Waals surface area contributed by atoms with E-state index in [1.54, 1.807) is 30.3 Å². The fraction of sp³-hybridized carbons (Fsp3) is 0.385. The van der Waals surface area contributed by atoms with E-state index in [0.717, 1.165) is 5.01 Å². The highest BCUT2D eigenvalue weighted by Crippen LogP contribution is 2.11. The molecule has 1 heterocycles. The number of aliphatic carboxylic acids is 1. The van der Waals surface area contributed by atoms with E-state index in [-0.39, 0.29) is 18.9 Å². The minimum absolute atomic E-state index is 0.0307. The van der Waals surface area contributed by atoms with Crippen LogP contribution in [-0.2, 0) is 30.1 Å². The van der Waals surface area contributed by atoms with Crippen molar-refractivity contribution >= 4 is 21.9 Å². The van der Waals surface area contributed by atoms with Crippen molar-refractivity contribution in [3.63, 3.8) is 0 Å². The molecule has 0 bridgehead atoms. The maximum atomic E-state index is 12.1. The van der Waals surface area contributed by atoms with Crippen molar-refractivity contribution in [3.05, 3.63) is 35.9 Å². The molecule has 2 rings (SSSR count). The minimum atomic E-state index is -3.77. The maximum Gasteiger partial charge on any atom is 0.306 e. The van der Waals surface area contributed by atoms with Gasteiger partial charge in [-0.2, -0.15) is 0 Å². The Morgan fingerprint density at radius 2 is 2.05 bits per heavy atom. The molecule has 0 unspecified atom stereocenters. The summed E-state index contributed by atoms with van der Waals surface area (Å²) >= 11 is 0. The Bertz CT molecular complexity index is 646. The van der Waals surface area contributed by atoms with Crippen LogP contribution in [0.3, 0.4) is 0 Å². The van der Waals surface area contributed by atoms with E-state index >= 15 is 0 Å². The number of nitrogens with zero attached hydrogens (tertiary/aromatic N) is 1. The van der Waals surface area contributed by atoms with Gasteiger partial charge in [0.1, 0.15) is 6.10 Å². The number of carbonyl (C=O) groups excluding carboxylic acids is 1. The predicted octanol–water partition coefficient (Wildman–Crippen LogP) is -0.277. The van der Waals surface area contributed by atoms with E-state index < -0.39 is 34.4 Å². The zero-order valence-electron chi connectivity index (χ0n) is 11.6. The SMILES string of the molecule is O=C(O)C[C@H]1OCCN(NS(=O)(=O)Cc2ccccc2)C1=O. The van der Waals surface area contributed by atoms with E-state index in [4.69, 9.17) is 9.84 Å². The lowest BCUT2D eigenvalue weighted by atomic mass is 10.2. The topological polar surface area (TPSA) is 113 Å². The highest BCUT2D eigenvalue weighted by molar-refractivity contribution is 7.88. The molecule has 1 aliphatic heterocycles. The lowest BCUT2D eigenvalue weighted by molar-refractivity contribution is -0.161. The largest absolute Gasteiger partial charge is 0.481 e. The van der Waals surface area contributed by atoms with Gasteiger partial charge in [0.25, 0.3) is 5.91 Å². The second-order valence-corrected chi connectivity index (χ2v) is 6.48. The van der Waals surface area contributed by atoms with Crippen LogP contribution in [-0.4, -0.2) is 49.7 Å². The number of amides is 1. The summed E-state index contributed by atoms with van der Waals surface area (Å²) in [7, 11) is -3.77. The van der Waals surface area contributed by atoms with E-state index in [0.29, 0.717) is 5.56 Å². The highest BCUT2D eigenvalue weighted by atomic mass is 32.2. The molecule has 0 aromatic heterocycles. The number of carboxylic acids is 1. The van der Waals surface area contributed by atoms with E-state index in [1.807, 2.05) is 0 Å². The average Bonchev–Trinajstić information content (AvgIpc) is 2.43. The van der Waals surface area contributed by atoms with Gasteiger partial charge in [0.05, 0.1) is 25.3 Å². The molecular formula is C13H16N2O6S. The van der Waals surface area contributed by atoms with E-state index in [2.05, 4.69) is 4.83 Å². The third kappa shape index (κ3) is 4.52. The lowest BCUT2D eigenvalue weighted by Gasteiger charge is -2.31. The van der Waals surface area contributed by atoms with Gasteiger partial charge in [-0.15, -0.1) is 4.83 Å². The molecule has 8 nitrogen and oxygen atoms in total. The van der Waals surface area contributed by atoms with Crippen LogP contribution < -0.4 is 4.83 Å². The van der Waals surface area contributed by atoms with Gasteiger partial charge in [-0.1, -0.05) is 30.3 Å². The van der Waals surface area contributed by atoms with Crippen molar-refractivity contribution in [2.24, 2.45) is 0 Å². The molecule has 1 aromatic rings. The van der Waals surface area contributed by atoms with Crippen LogP contribution in [0.25, 0.3) is 0 Å². The monoisotopic (exact) mass is 328 g/mol. The normalized spacial score (nSPS) is 19.2. The number of carboxylic acid groups (broad SMARTS) is 1. The number of hydrogen-bond donors (Lipinski definition) is 2. The molecule has 1 aliphatic rings. The summed E-state index contributed by atoms with van der Waals surface area (Å²) in [5, 5.41) is 9.61. The maximum absolute atomic E-state index is 12.1. The second-order valence-electron chi connectivity index (χ2n) is 4.78. The van der Waals surface area contributed by atoms with Crippen LogP contribution in [0.15, 0.2) is 30.3 Å². The van der Waals surface area contributed by atoms with Crippen molar-refractivity contribution in [2.45, 2.75) is 18.3 Å². The molecular weight excluding hydrogens is 312 g/mol. The summed E-state index contributed by atoms with van der Waals surface area (Å²) in [6, 6.07) is 8.52. The van der Waals surface area contributed by atoms with Gasteiger partial charge in [0.15, 0.2) is 0 Å². The number of rotatable bonds is 6. The van der Waals surface area contributed by atoms with Crippen molar-refractivity contribution in [1.29, 1.82) is 0 Å². The van der Waals surface area contributed by atoms with Crippen molar-refractivity contribution in [2.75, 3.05) is 13.2 Å². The molecule has 0 radical (unpaired) electrons. The van der Waals surface area contributed by atoms with E-state index in [1.165, 1.54) is 0 Å². The number of benzene rings is 1. The van der Waals surface area contributed by atoms with Crippen LogP contribution in [0.5, 0.6) is 0 Å². The first-order chi connectivity index (χ1) is 10.4. The van der Waals surface area contributed by atoms with Gasteiger partial charge >= 0.3 is 5.97 Å². The van der Waals surface area contributed by atoms with Crippen LogP contribution in [0.2, 0.25) is 0 Å². The van der Waals surface area contributed by atoms with Gasteiger partial charge in [-0.3, -0.25) is 14.6 Å². The molecule has 0 spiro atoms. The number of hydrogen-bond acceptors (Lipinski definition) is 5. The Morgan fingerprint density at radius 3 is 2.68 bits per heavy atom.